The third-order valence-corrected chi connectivity index (χ3v) is 6.51. The highest BCUT2D eigenvalue weighted by Gasteiger charge is 2.16. The quantitative estimate of drug-likeness (QED) is 0.258. The van der Waals surface area contributed by atoms with Gasteiger partial charge in [-0.1, -0.05) is 61.5 Å². The van der Waals surface area contributed by atoms with Gasteiger partial charge in [0.05, 0.1) is 16.6 Å². The number of fused-ring (bicyclic) bond motifs is 1. The molecule has 1 N–H and O–H groups in total. The maximum absolute atomic E-state index is 14.0. The van der Waals surface area contributed by atoms with Crippen LogP contribution in [0.25, 0.3) is 16.6 Å². The zero-order chi connectivity index (χ0) is 24.2. The third kappa shape index (κ3) is 5.32. The van der Waals surface area contributed by atoms with Crippen molar-refractivity contribution in [2.75, 3.05) is 6.54 Å². The Kier molecular flexibility index (Phi) is 7.34. The molecule has 0 aliphatic rings. The molecule has 4 aromatic rings. The number of carbonyl (C=O) groups is 1. The molecule has 0 bridgehead atoms. The molecule has 1 aromatic heterocycles. The van der Waals surface area contributed by atoms with Crippen LogP contribution < -0.4 is 10.9 Å². The predicted molar refractivity (Wildman–Crippen MR) is 135 cm³/mol. The van der Waals surface area contributed by atoms with Gasteiger partial charge in [0.15, 0.2) is 5.16 Å². The van der Waals surface area contributed by atoms with Crippen molar-refractivity contribution < 1.29 is 9.18 Å². The van der Waals surface area contributed by atoms with Crippen molar-refractivity contribution in [2.45, 2.75) is 24.8 Å². The van der Waals surface area contributed by atoms with Gasteiger partial charge in [-0.3, -0.25) is 14.2 Å². The fourth-order valence-corrected chi connectivity index (χ4v) is 4.70. The maximum atomic E-state index is 14.0. The summed E-state index contributed by atoms with van der Waals surface area (Å²) in [4.78, 5) is 30.8. The topological polar surface area (TPSA) is 64.0 Å². The maximum Gasteiger partial charge on any atom is 0.266 e. The minimum absolute atomic E-state index is 0.225. The van der Waals surface area contributed by atoms with Gasteiger partial charge in [0.25, 0.3) is 11.5 Å². The number of rotatable bonds is 7. The van der Waals surface area contributed by atoms with Crippen LogP contribution in [0.2, 0.25) is 5.02 Å². The van der Waals surface area contributed by atoms with Crippen LogP contribution in [0.4, 0.5) is 4.39 Å². The molecule has 1 heterocycles. The molecule has 0 atom stereocenters. The van der Waals surface area contributed by atoms with Gasteiger partial charge >= 0.3 is 0 Å². The molecule has 1 amide bonds. The van der Waals surface area contributed by atoms with Crippen LogP contribution in [-0.2, 0) is 5.75 Å². The predicted octanol–water partition coefficient (Wildman–Crippen LogP) is 5.86. The first-order chi connectivity index (χ1) is 16.3. The van der Waals surface area contributed by atoms with E-state index >= 15 is 0 Å². The van der Waals surface area contributed by atoms with E-state index < -0.39 is 5.82 Å². The Labute approximate surface area is 206 Å². The Hall–Kier alpha value is -3.16. The Balaban J connectivity index is 1.81. The van der Waals surface area contributed by atoms with Crippen LogP contribution >= 0.6 is 23.4 Å². The van der Waals surface area contributed by atoms with E-state index in [2.05, 4.69) is 5.32 Å². The van der Waals surface area contributed by atoms with Gasteiger partial charge in [0.1, 0.15) is 5.82 Å². The number of hydrogen-bond donors (Lipinski definition) is 1. The summed E-state index contributed by atoms with van der Waals surface area (Å²) in [6.07, 6.45) is 0. The lowest BCUT2D eigenvalue weighted by Crippen LogP contribution is -2.27. The number of amides is 1. The van der Waals surface area contributed by atoms with Crippen LogP contribution in [0.5, 0.6) is 0 Å². The zero-order valence-corrected chi connectivity index (χ0v) is 20.3. The summed E-state index contributed by atoms with van der Waals surface area (Å²) in [6, 6.07) is 18.1. The molecular formula is C26H23ClFN3O2S. The van der Waals surface area contributed by atoms with Gasteiger partial charge in [-0.2, -0.15) is 0 Å². The summed E-state index contributed by atoms with van der Waals surface area (Å²) < 4.78 is 15.4. The van der Waals surface area contributed by atoms with Crippen LogP contribution in [0.15, 0.2) is 76.7 Å². The van der Waals surface area contributed by atoms with Crippen molar-refractivity contribution in [1.29, 1.82) is 0 Å². The van der Waals surface area contributed by atoms with Crippen molar-refractivity contribution in [3.05, 3.63) is 99.1 Å². The highest BCUT2D eigenvalue weighted by Crippen LogP contribution is 2.28. The molecule has 3 aromatic carbocycles. The molecule has 0 spiro atoms. The van der Waals surface area contributed by atoms with E-state index in [-0.39, 0.29) is 11.5 Å². The smallest absolute Gasteiger partial charge is 0.266 e. The van der Waals surface area contributed by atoms with E-state index in [1.807, 2.05) is 32.0 Å². The lowest BCUT2D eigenvalue weighted by Gasteiger charge is -2.14. The van der Waals surface area contributed by atoms with Crippen molar-refractivity contribution in [3.8, 4) is 5.69 Å². The third-order valence-electron chi connectivity index (χ3n) is 5.15. The number of halogens is 2. The Bertz CT molecular complexity index is 1420. The SMILES string of the molecule is CC(C)CNC(=O)c1ccc2c(=O)n(-c3cccc(F)c3)c(SCc3ccccc3Cl)nc2c1. The molecule has 174 valence electrons. The second-order valence-electron chi connectivity index (χ2n) is 8.23. The molecule has 8 heteroatoms. The van der Waals surface area contributed by atoms with Gasteiger partial charge < -0.3 is 5.32 Å². The van der Waals surface area contributed by atoms with E-state index in [9.17, 15) is 14.0 Å². The number of carbonyl (C=O) groups excluding carboxylic acids is 1. The Morgan fingerprint density at radius 3 is 2.65 bits per heavy atom. The molecule has 0 aliphatic heterocycles. The monoisotopic (exact) mass is 495 g/mol. The summed E-state index contributed by atoms with van der Waals surface area (Å²) in [5.41, 5.74) is 1.74. The summed E-state index contributed by atoms with van der Waals surface area (Å²) in [7, 11) is 0. The van der Waals surface area contributed by atoms with Gasteiger partial charge in [-0.25, -0.2) is 9.37 Å². The zero-order valence-electron chi connectivity index (χ0n) is 18.7. The highest BCUT2D eigenvalue weighted by molar-refractivity contribution is 7.98. The van der Waals surface area contributed by atoms with Crippen molar-refractivity contribution in [3.63, 3.8) is 0 Å². The number of aromatic nitrogens is 2. The molecule has 0 saturated carbocycles. The van der Waals surface area contributed by atoms with Gasteiger partial charge in [0, 0.05) is 22.9 Å². The van der Waals surface area contributed by atoms with Crippen LogP contribution in [-0.4, -0.2) is 22.0 Å². The molecule has 5 nitrogen and oxygen atoms in total. The van der Waals surface area contributed by atoms with E-state index in [1.54, 1.807) is 36.4 Å². The summed E-state index contributed by atoms with van der Waals surface area (Å²) in [6.45, 7) is 4.57. The van der Waals surface area contributed by atoms with Gasteiger partial charge in [0.2, 0.25) is 0 Å². The van der Waals surface area contributed by atoms with Gasteiger partial charge in [-0.15, -0.1) is 0 Å². The first kappa shape index (κ1) is 24.0. The van der Waals surface area contributed by atoms with Crippen molar-refractivity contribution in [2.24, 2.45) is 5.92 Å². The highest BCUT2D eigenvalue weighted by atomic mass is 35.5. The fraction of sp³-hybridized carbons (Fsp3) is 0.192. The molecule has 0 fully saturated rings. The van der Waals surface area contributed by atoms with E-state index in [0.717, 1.165) is 5.56 Å². The normalized spacial score (nSPS) is 11.2. The first-order valence-corrected chi connectivity index (χ1v) is 12.2. The first-order valence-electron chi connectivity index (χ1n) is 10.8. The van der Waals surface area contributed by atoms with Crippen LogP contribution in [0.1, 0.15) is 29.8 Å². The largest absolute Gasteiger partial charge is 0.352 e. The minimum atomic E-state index is -0.455. The number of thioether (sulfide) groups is 1. The summed E-state index contributed by atoms with van der Waals surface area (Å²) >= 11 is 7.62. The van der Waals surface area contributed by atoms with Crippen molar-refractivity contribution in [1.82, 2.24) is 14.9 Å². The molecule has 0 saturated heterocycles. The van der Waals surface area contributed by atoms with Crippen LogP contribution in [0, 0.1) is 11.7 Å². The average Bonchev–Trinajstić information content (AvgIpc) is 2.81. The molecule has 34 heavy (non-hydrogen) atoms. The molecule has 0 unspecified atom stereocenters. The van der Waals surface area contributed by atoms with E-state index in [0.29, 0.717) is 50.5 Å². The second kappa shape index (κ2) is 10.4. The molecule has 0 aliphatic carbocycles. The Morgan fingerprint density at radius 1 is 1.12 bits per heavy atom. The summed E-state index contributed by atoms with van der Waals surface area (Å²) in [5.74, 6) is 0.0936. The Morgan fingerprint density at radius 2 is 1.91 bits per heavy atom. The van der Waals surface area contributed by atoms with Crippen LogP contribution in [0.3, 0.4) is 0 Å². The standard InChI is InChI=1S/C26H23ClFN3O2S/c1-16(2)14-29-24(32)17-10-11-21-23(12-17)30-26(34-15-18-6-3-4-9-22(18)27)31(25(21)33)20-8-5-7-19(28)13-20/h3-13,16H,14-15H2,1-2H3,(H,29,32). The lowest BCUT2D eigenvalue weighted by molar-refractivity contribution is 0.0949. The van der Waals surface area contributed by atoms with Gasteiger partial charge in [-0.05, 0) is 53.9 Å². The second-order valence-corrected chi connectivity index (χ2v) is 9.58. The molecular weight excluding hydrogens is 473 g/mol. The molecule has 0 radical (unpaired) electrons. The van der Waals surface area contributed by atoms with E-state index in [4.69, 9.17) is 16.6 Å². The average molecular weight is 496 g/mol. The van der Waals surface area contributed by atoms with E-state index in [1.165, 1.54) is 28.5 Å². The fourth-order valence-electron chi connectivity index (χ4n) is 3.40. The number of benzene rings is 3. The van der Waals surface area contributed by atoms with Crippen molar-refractivity contribution >= 4 is 40.2 Å². The number of nitrogens with zero attached hydrogens (tertiary/aromatic N) is 2. The lowest BCUT2D eigenvalue weighted by atomic mass is 10.1. The summed E-state index contributed by atoms with van der Waals surface area (Å²) in [5, 5.41) is 4.20. The molecule has 4 rings (SSSR count). The minimum Gasteiger partial charge on any atom is -0.352 e. The number of nitrogens with one attached hydrogen (secondary N) is 1. The number of hydrogen-bond acceptors (Lipinski definition) is 4.